The van der Waals surface area contributed by atoms with Gasteiger partial charge in [-0.3, -0.25) is 0 Å². The number of rotatable bonds is 12. The van der Waals surface area contributed by atoms with E-state index in [1.54, 1.807) is 24.3 Å². The van der Waals surface area contributed by atoms with Crippen LogP contribution in [0.3, 0.4) is 0 Å². The summed E-state index contributed by atoms with van der Waals surface area (Å²) in [6, 6.07) is 21.1. The van der Waals surface area contributed by atoms with Gasteiger partial charge in [-0.05, 0) is 66.2 Å². The van der Waals surface area contributed by atoms with Crippen molar-refractivity contribution in [1.82, 2.24) is 0 Å². The number of hydrogen-bond donors (Lipinski definition) is 2. The maximum atomic E-state index is 11.0. The van der Waals surface area contributed by atoms with Crippen molar-refractivity contribution in [2.24, 2.45) is 0 Å². The number of methoxy groups -OCH3 is 1. The van der Waals surface area contributed by atoms with E-state index in [0.29, 0.717) is 43.3 Å². The summed E-state index contributed by atoms with van der Waals surface area (Å²) in [5.41, 5.74) is 0.868. The molecule has 0 aliphatic carbocycles. The Morgan fingerprint density at radius 2 is 1.25 bits per heavy atom. The Balaban J connectivity index is 1.35. The van der Waals surface area contributed by atoms with Crippen molar-refractivity contribution in [2.45, 2.75) is 18.9 Å². The minimum Gasteiger partial charge on any atom is -0.508 e. The highest BCUT2D eigenvalue weighted by atomic mass is 16.5. The number of hydrogen-bond acceptors (Lipinski definition) is 6. The first-order valence-electron chi connectivity index (χ1n) is 10.2. The van der Waals surface area contributed by atoms with Crippen molar-refractivity contribution in [2.75, 3.05) is 20.3 Å². The van der Waals surface area contributed by atoms with E-state index in [-0.39, 0.29) is 5.75 Å². The van der Waals surface area contributed by atoms with Gasteiger partial charge in [0.2, 0.25) is 0 Å². The van der Waals surface area contributed by atoms with Gasteiger partial charge in [-0.1, -0.05) is 12.1 Å². The summed E-state index contributed by atoms with van der Waals surface area (Å²) in [5.74, 6) is 1.98. The molecule has 0 bridgehead atoms. The maximum absolute atomic E-state index is 11.0. The van der Waals surface area contributed by atoms with Crippen molar-refractivity contribution >= 4 is 5.97 Å². The largest absolute Gasteiger partial charge is 0.508 e. The molecule has 7 nitrogen and oxygen atoms in total. The number of ether oxygens (including phenoxy) is 4. The topological polar surface area (TPSA) is 94.5 Å². The van der Waals surface area contributed by atoms with E-state index >= 15 is 0 Å². The van der Waals surface area contributed by atoms with E-state index in [0.717, 1.165) is 11.3 Å². The molecule has 0 aromatic heterocycles. The lowest BCUT2D eigenvalue weighted by molar-refractivity contribution is -0.148. The molecule has 32 heavy (non-hydrogen) atoms. The second kappa shape index (κ2) is 11.6. The molecule has 1 atom stereocenters. The third kappa shape index (κ3) is 7.21. The lowest BCUT2D eigenvalue weighted by Gasteiger charge is -2.11. The highest BCUT2D eigenvalue weighted by molar-refractivity contribution is 5.72. The number of aromatic hydroxyl groups is 1. The lowest BCUT2D eigenvalue weighted by Crippen LogP contribution is -2.24. The van der Waals surface area contributed by atoms with E-state index in [4.69, 9.17) is 24.1 Å². The van der Waals surface area contributed by atoms with Crippen molar-refractivity contribution < 1.29 is 34.0 Å². The highest BCUT2D eigenvalue weighted by Crippen LogP contribution is 2.25. The Morgan fingerprint density at radius 3 is 1.75 bits per heavy atom. The summed E-state index contributed by atoms with van der Waals surface area (Å²) in [5, 5.41) is 18.4. The van der Waals surface area contributed by atoms with Crippen LogP contribution in [0.2, 0.25) is 0 Å². The van der Waals surface area contributed by atoms with Gasteiger partial charge >= 0.3 is 5.97 Å². The second-order valence-corrected chi connectivity index (χ2v) is 7.03. The van der Waals surface area contributed by atoms with Crippen LogP contribution in [0.4, 0.5) is 0 Å². The summed E-state index contributed by atoms with van der Waals surface area (Å²) in [6.45, 7) is 1.00. The molecular weight excluding hydrogens is 412 g/mol. The lowest BCUT2D eigenvalue weighted by atomic mass is 10.1. The standard InChI is InChI=1S/C25H26O7/c1-29-24(25(27)28)17-18-3-7-20(8-4-18)30-15-2-16-31-21-11-13-23(14-12-21)32-22-9-5-19(26)6-10-22/h3-14,24,26H,2,15-17H2,1H3,(H,27,28)/t24-/m0/s1. The molecular formula is C25H26O7. The average Bonchev–Trinajstić information content (AvgIpc) is 2.80. The third-order valence-electron chi connectivity index (χ3n) is 4.63. The van der Waals surface area contributed by atoms with Gasteiger partial charge in [-0.2, -0.15) is 0 Å². The summed E-state index contributed by atoms with van der Waals surface area (Å²) >= 11 is 0. The van der Waals surface area contributed by atoms with Crippen LogP contribution >= 0.6 is 0 Å². The Hall–Kier alpha value is -3.71. The molecule has 0 amide bonds. The van der Waals surface area contributed by atoms with E-state index in [1.807, 2.05) is 48.5 Å². The molecule has 0 radical (unpaired) electrons. The normalized spacial score (nSPS) is 11.5. The highest BCUT2D eigenvalue weighted by Gasteiger charge is 2.16. The Labute approximate surface area is 186 Å². The minimum absolute atomic E-state index is 0.193. The average molecular weight is 438 g/mol. The van der Waals surface area contributed by atoms with E-state index in [2.05, 4.69) is 0 Å². The molecule has 0 aliphatic heterocycles. The summed E-state index contributed by atoms with van der Waals surface area (Å²) in [4.78, 5) is 11.0. The predicted octanol–water partition coefficient (Wildman–Crippen LogP) is 4.67. The molecule has 3 rings (SSSR count). The fourth-order valence-corrected chi connectivity index (χ4v) is 2.90. The Morgan fingerprint density at radius 1 is 0.781 bits per heavy atom. The number of carboxylic acid groups (broad SMARTS) is 1. The van der Waals surface area contributed by atoms with Crippen LogP contribution < -0.4 is 14.2 Å². The maximum Gasteiger partial charge on any atom is 0.333 e. The van der Waals surface area contributed by atoms with Crippen molar-refractivity contribution in [3.63, 3.8) is 0 Å². The third-order valence-corrected chi connectivity index (χ3v) is 4.63. The Bertz CT molecular complexity index is 967. The van der Waals surface area contributed by atoms with Gasteiger partial charge in [0, 0.05) is 20.0 Å². The first kappa shape index (κ1) is 23.0. The van der Waals surface area contributed by atoms with Gasteiger partial charge in [0.15, 0.2) is 6.10 Å². The number of phenols is 1. The van der Waals surface area contributed by atoms with Crippen LogP contribution in [0.25, 0.3) is 0 Å². The summed E-state index contributed by atoms with van der Waals surface area (Å²) in [7, 11) is 1.39. The first-order valence-corrected chi connectivity index (χ1v) is 10.2. The van der Waals surface area contributed by atoms with Crippen LogP contribution in [0, 0.1) is 0 Å². The van der Waals surface area contributed by atoms with Crippen molar-refractivity contribution in [1.29, 1.82) is 0 Å². The molecule has 0 saturated heterocycles. The number of aliphatic carboxylic acids is 1. The minimum atomic E-state index is -0.979. The smallest absolute Gasteiger partial charge is 0.333 e. The molecule has 3 aromatic rings. The molecule has 0 unspecified atom stereocenters. The van der Waals surface area contributed by atoms with Crippen LogP contribution in [-0.4, -0.2) is 42.6 Å². The SMILES string of the molecule is CO[C@@H](Cc1ccc(OCCCOc2ccc(Oc3ccc(O)cc3)cc2)cc1)C(=O)O. The first-order chi connectivity index (χ1) is 15.5. The monoisotopic (exact) mass is 438 g/mol. The number of phenolic OH excluding ortho intramolecular Hbond substituents is 1. The van der Waals surface area contributed by atoms with E-state index in [1.165, 1.54) is 7.11 Å². The van der Waals surface area contributed by atoms with Crippen molar-refractivity contribution in [3.8, 4) is 28.7 Å². The molecule has 2 N–H and O–H groups in total. The van der Waals surface area contributed by atoms with E-state index < -0.39 is 12.1 Å². The van der Waals surface area contributed by atoms with Gasteiger partial charge in [0.25, 0.3) is 0 Å². The molecule has 0 fully saturated rings. The van der Waals surface area contributed by atoms with Crippen LogP contribution in [-0.2, 0) is 16.0 Å². The van der Waals surface area contributed by atoms with Crippen LogP contribution in [0.1, 0.15) is 12.0 Å². The fourth-order valence-electron chi connectivity index (χ4n) is 2.90. The van der Waals surface area contributed by atoms with Crippen LogP contribution in [0.15, 0.2) is 72.8 Å². The molecule has 0 heterocycles. The molecule has 168 valence electrons. The number of carboxylic acids is 1. The Kier molecular flexibility index (Phi) is 8.34. The summed E-state index contributed by atoms with van der Waals surface area (Å²) < 4.78 is 22.1. The fraction of sp³-hybridized carbons (Fsp3) is 0.240. The quantitative estimate of drug-likeness (QED) is 0.397. The van der Waals surface area contributed by atoms with Crippen molar-refractivity contribution in [3.05, 3.63) is 78.4 Å². The molecule has 7 heteroatoms. The zero-order chi connectivity index (χ0) is 22.8. The second-order valence-electron chi connectivity index (χ2n) is 7.03. The molecule has 0 spiro atoms. The zero-order valence-corrected chi connectivity index (χ0v) is 17.8. The van der Waals surface area contributed by atoms with Crippen LogP contribution in [0.5, 0.6) is 28.7 Å². The van der Waals surface area contributed by atoms with Gasteiger partial charge in [0.1, 0.15) is 28.7 Å². The van der Waals surface area contributed by atoms with Gasteiger partial charge in [-0.15, -0.1) is 0 Å². The zero-order valence-electron chi connectivity index (χ0n) is 17.8. The van der Waals surface area contributed by atoms with Gasteiger partial charge < -0.3 is 29.2 Å². The number of carbonyl (C=O) groups is 1. The predicted molar refractivity (Wildman–Crippen MR) is 119 cm³/mol. The molecule has 0 saturated carbocycles. The molecule has 0 aliphatic rings. The number of benzene rings is 3. The molecule has 3 aromatic carbocycles. The van der Waals surface area contributed by atoms with Gasteiger partial charge in [0.05, 0.1) is 13.2 Å². The van der Waals surface area contributed by atoms with E-state index in [9.17, 15) is 9.90 Å². The van der Waals surface area contributed by atoms with Gasteiger partial charge in [-0.25, -0.2) is 4.79 Å². The summed E-state index contributed by atoms with van der Waals surface area (Å²) in [6.07, 6.45) is 0.157.